The van der Waals surface area contributed by atoms with Gasteiger partial charge in [-0.05, 0) is 66.8 Å². The maximum Gasteiger partial charge on any atom is 0.271 e. The fraction of sp³-hybridized carbons (Fsp3) is 0.314. The fourth-order valence-corrected chi connectivity index (χ4v) is 8.48. The first kappa shape index (κ1) is 27.9. The van der Waals surface area contributed by atoms with E-state index in [0.717, 1.165) is 21.4 Å². The van der Waals surface area contributed by atoms with Crippen LogP contribution in [0.25, 0.3) is 10.8 Å². The Hall–Kier alpha value is -4.92. The minimum Gasteiger partial charge on any atom is -0.507 e. The van der Waals surface area contributed by atoms with Crippen LogP contribution >= 0.6 is 0 Å². The Morgan fingerprint density at radius 1 is 0.909 bits per heavy atom. The van der Waals surface area contributed by atoms with Crippen LogP contribution in [-0.2, 0) is 19.2 Å². The van der Waals surface area contributed by atoms with E-state index in [4.69, 9.17) is 0 Å². The number of carbonyl (C=O) groups is 4. The second-order valence-corrected chi connectivity index (χ2v) is 12.6. The van der Waals surface area contributed by atoms with E-state index in [9.17, 15) is 34.4 Å². The van der Waals surface area contributed by atoms with Gasteiger partial charge in [0.2, 0.25) is 11.8 Å². The number of anilines is 1. The summed E-state index contributed by atoms with van der Waals surface area (Å²) < 4.78 is 0. The number of allylic oxidation sites excluding steroid dienone is 4. The van der Waals surface area contributed by atoms with Gasteiger partial charge in [-0.3, -0.25) is 29.3 Å². The van der Waals surface area contributed by atoms with Crippen molar-refractivity contribution in [1.82, 2.24) is 0 Å². The lowest BCUT2D eigenvalue weighted by atomic mass is 9.46. The van der Waals surface area contributed by atoms with Crippen LogP contribution < -0.4 is 4.90 Å². The van der Waals surface area contributed by atoms with Gasteiger partial charge >= 0.3 is 0 Å². The number of nitro benzene ring substituents is 1. The number of Topliss-reactive ketones (excluding diaryl/α,β-unsaturated/α-hetero) is 2. The van der Waals surface area contributed by atoms with Crippen LogP contribution in [0.5, 0.6) is 5.75 Å². The number of amides is 2. The average molecular weight is 591 g/mol. The van der Waals surface area contributed by atoms with E-state index < -0.39 is 51.7 Å². The SMILES string of the molecule is CC1=C(C)C(=O)[C@@]2(C)[C@@H](c3ccc(O)c4ccccc34)C3=CC[C@@H]4C(=O)N(c5cccc([N+](=O)[O-])c5)C(=O)[C@@H]4[C@@H]3C[C@H]2C1=O. The quantitative estimate of drug-likeness (QED) is 0.176. The van der Waals surface area contributed by atoms with Gasteiger partial charge in [0.25, 0.3) is 5.69 Å². The molecule has 0 radical (unpaired) electrons. The first-order chi connectivity index (χ1) is 21.0. The number of aromatic hydroxyl groups is 1. The lowest BCUT2D eigenvalue weighted by Gasteiger charge is -2.54. The normalized spacial score (nSPS) is 29.8. The smallest absolute Gasteiger partial charge is 0.271 e. The Morgan fingerprint density at radius 2 is 1.64 bits per heavy atom. The highest BCUT2D eigenvalue weighted by Gasteiger charge is 2.64. The number of carbonyl (C=O) groups excluding carboxylic acids is 4. The summed E-state index contributed by atoms with van der Waals surface area (Å²) in [6.07, 6.45) is 2.46. The highest BCUT2D eigenvalue weighted by Crippen LogP contribution is 2.63. The number of nitrogens with zero attached hydrogens (tertiary/aromatic N) is 2. The predicted molar refractivity (Wildman–Crippen MR) is 162 cm³/mol. The number of fused-ring (bicyclic) bond motifs is 5. The van der Waals surface area contributed by atoms with Crippen molar-refractivity contribution in [2.75, 3.05) is 4.90 Å². The lowest BCUT2D eigenvalue weighted by Crippen LogP contribution is -2.55. The second-order valence-electron chi connectivity index (χ2n) is 12.6. The van der Waals surface area contributed by atoms with Gasteiger partial charge in [-0.25, -0.2) is 4.90 Å². The van der Waals surface area contributed by atoms with E-state index in [1.54, 1.807) is 32.0 Å². The minimum absolute atomic E-state index is 0.0956. The van der Waals surface area contributed by atoms with Gasteiger partial charge < -0.3 is 5.11 Å². The van der Waals surface area contributed by atoms with Crippen LogP contribution in [-0.4, -0.2) is 33.4 Å². The van der Waals surface area contributed by atoms with Crippen molar-refractivity contribution in [1.29, 1.82) is 0 Å². The average Bonchev–Trinajstić information content (AvgIpc) is 3.28. The van der Waals surface area contributed by atoms with Gasteiger partial charge in [-0.2, -0.15) is 0 Å². The molecule has 0 unspecified atom stereocenters. The predicted octanol–water partition coefficient (Wildman–Crippen LogP) is 5.80. The van der Waals surface area contributed by atoms with Gasteiger partial charge in [-0.15, -0.1) is 0 Å². The summed E-state index contributed by atoms with van der Waals surface area (Å²) in [7, 11) is 0. The molecule has 44 heavy (non-hydrogen) atoms. The van der Waals surface area contributed by atoms with Crippen molar-refractivity contribution < 1.29 is 29.2 Å². The molecule has 6 atom stereocenters. The van der Waals surface area contributed by atoms with Gasteiger partial charge in [0, 0.05) is 29.4 Å². The Labute approximate surface area is 253 Å². The fourth-order valence-electron chi connectivity index (χ4n) is 8.48. The molecule has 3 aromatic rings. The summed E-state index contributed by atoms with van der Waals surface area (Å²) in [5, 5.41) is 23.5. The van der Waals surface area contributed by atoms with Crippen LogP contribution in [0.3, 0.4) is 0 Å². The van der Waals surface area contributed by atoms with E-state index in [1.807, 2.05) is 31.2 Å². The number of phenols is 1. The molecule has 1 N–H and O–H groups in total. The molecule has 1 saturated carbocycles. The molecule has 222 valence electrons. The zero-order chi connectivity index (χ0) is 31.2. The summed E-state index contributed by atoms with van der Waals surface area (Å²) in [6, 6.07) is 16.3. The monoisotopic (exact) mass is 590 g/mol. The van der Waals surface area contributed by atoms with Gasteiger partial charge in [-0.1, -0.05) is 55.0 Å². The van der Waals surface area contributed by atoms with Crippen molar-refractivity contribution in [3.8, 4) is 5.75 Å². The number of nitro groups is 1. The molecule has 3 aliphatic carbocycles. The van der Waals surface area contributed by atoms with Crippen LogP contribution in [0.4, 0.5) is 11.4 Å². The Balaban J connectivity index is 1.42. The largest absolute Gasteiger partial charge is 0.507 e. The molecule has 1 heterocycles. The summed E-state index contributed by atoms with van der Waals surface area (Å²) in [4.78, 5) is 68.2. The number of phenolic OH excluding ortho intramolecular Hbond substituents is 1. The van der Waals surface area contributed by atoms with Crippen molar-refractivity contribution >= 4 is 45.5 Å². The molecule has 1 saturated heterocycles. The molecule has 4 aliphatic rings. The lowest BCUT2D eigenvalue weighted by molar-refractivity contribution is -0.384. The number of ketones is 2. The minimum atomic E-state index is -1.15. The van der Waals surface area contributed by atoms with E-state index >= 15 is 0 Å². The summed E-state index contributed by atoms with van der Waals surface area (Å²) >= 11 is 0. The van der Waals surface area contributed by atoms with Crippen molar-refractivity contribution in [3.05, 3.63) is 99.1 Å². The molecule has 2 fully saturated rings. The molecular formula is C35H30N2O7. The maximum absolute atomic E-state index is 14.3. The number of hydrogen-bond acceptors (Lipinski definition) is 7. The summed E-state index contributed by atoms with van der Waals surface area (Å²) in [5.74, 6) is -4.33. The molecular weight excluding hydrogens is 560 g/mol. The standard InChI is InChI=1S/C35H30N2O7/c1-17-18(2)32(40)35(3)27(31(17)39)16-26-24(30(35)23-13-14-28(38)22-10-5-4-9-21(22)23)11-12-25-29(26)34(42)36(33(25)41)19-7-6-8-20(15-19)37(43)44/h4-11,13-15,25-27,29-30,38H,12,16H2,1-3H3/t25-,26+,27-,29-,30-,35+/m0/s1. The Kier molecular flexibility index (Phi) is 6.05. The highest BCUT2D eigenvalue weighted by molar-refractivity contribution is 6.23. The van der Waals surface area contributed by atoms with Crippen molar-refractivity contribution in [2.24, 2.45) is 29.1 Å². The summed E-state index contributed by atoms with van der Waals surface area (Å²) in [5.41, 5.74) is 1.23. The zero-order valence-electron chi connectivity index (χ0n) is 24.4. The van der Waals surface area contributed by atoms with E-state index in [2.05, 4.69) is 0 Å². The number of benzene rings is 3. The van der Waals surface area contributed by atoms with Crippen LogP contribution in [0.15, 0.2) is 83.5 Å². The molecule has 0 spiro atoms. The highest BCUT2D eigenvalue weighted by atomic mass is 16.6. The number of imide groups is 1. The third-order valence-electron chi connectivity index (χ3n) is 10.7. The number of rotatable bonds is 3. The summed E-state index contributed by atoms with van der Waals surface area (Å²) in [6.45, 7) is 5.21. The van der Waals surface area contributed by atoms with Crippen LogP contribution in [0.1, 0.15) is 45.1 Å². The maximum atomic E-state index is 14.3. The molecule has 9 heteroatoms. The number of hydrogen-bond donors (Lipinski definition) is 1. The van der Waals surface area contributed by atoms with Crippen LogP contribution in [0, 0.1) is 39.2 Å². The molecule has 3 aromatic carbocycles. The second kappa shape index (κ2) is 9.54. The topological polar surface area (TPSA) is 135 Å². The molecule has 0 bridgehead atoms. The van der Waals surface area contributed by atoms with Gasteiger partial charge in [0.05, 0.1) is 27.9 Å². The number of non-ortho nitro benzene ring substituents is 1. The first-order valence-electron chi connectivity index (χ1n) is 14.8. The van der Waals surface area contributed by atoms with Crippen molar-refractivity contribution in [2.45, 2.75) is 39.5 Å². The molecule has 9 nitrogen and oxygen atoms in total. The molecule has 7 rings (SSSR count). The first-order valence-corrected chi connectivity index (χ1v) is 14.8. The third-order valence-corrected chi connectivity index (χ3v) is 10.7. The Morgan fingerprint density at radius 3 is 2.36 bits per heavy atom. The Bertz CT molecular complexity index is 1920. The zero-order valence-corrected chi connectivity index (χ0v) is 24.4. The van der Waals surface area contributed by atoms with Gasteiger partial charge in [0.1, 0.15) is 5.75 Å². The van der Waals surface area contributed by atoms with E-state index in [-0.39, 0.29) is 41.5 Å². The van der Waals surface area contributed by atoms with Crippen LogP contribution in [0.2, 0.25) is 0 Å². The van der Waals surface area contributed by atoms with E-state index in [0.29, 0.717) is 16.5 Å². The molecule has 2 amide bonds. The van der Waals surface area contributed by atoms with Gasteiger partial charge in [0.15, 0.2) is 11.6 Å². The third kappa shape index (κ3) is 3.58. The molecule has 1 aliphatic heterocycles. The van der Waals surface area contributed by atoms with Crippen molar-refractivity contribution in [3.63, 3.8) is 0 Å². The van der Waals surface area contributed by atoms with E-state index in [1.165, 1.54) is 24.3 Å². The molecule has 0 aromatic heterocycles.